The van der Waals surface area contributed by atoms with E-state index in [-0.39, 0.29) is 26.1 Å². The Morgan fingerprint density at radius 1 is 0.389 bits per heavy atom. The number of carbonyl (C=O) groups excluding carboxylic acids is 2. The van der Waals surface area contributed by atoms with Crippen molar-refractivity contribution in [3.63, 3.8) is 0 Å². The minimum atomic E-state index is -1.76. The van der Waals surface area contributed by atoms with Gasteiger partial charge in [0, 0.05) is 12.8 Å². The van der Waals surface area contributed by atoms with Crippen LogP contribution in [0.3, 0.4) is 0 Å². The monoisotopic (exact) mass is 1030 g/mol. The first-order valence-electron chi connectivity index (χ1n) is 29.6. The van der Waals surface area contributed by atoms with Gasteiger partial charge in [-0.15, -0.1) is 0 Å². The molecule has 2 fully saturated rings. The van der Waals surface area contributed by atoms with E-state index < -0.39 is 92.7 Å². The van der Waals surface area contributed by atoms with E-state index in [0.29, 0.717) is 12.8 Å². The predicted molar refractivity (Wildman–Crippen MR) is 280 cm³/mol. The molecular formula is C57H108O15. The molecule has 0 aromatic rings. The van der Waals surface area contributed by atoms with E-state index in [2.05, 4.69) is 13.8 Å². The Morgan fingerprint density at radius 2 is 0.708 bits per heavy atom. The zero-order valence-corrected chi connectivity index (χ0v) is 45.4. The molecule has 0 bridgehead atoms. The average Bonchev–Trinajstić information content (AvgIpc) is 3.37. The number of rotatable bonds is 48. The summed E-state index contributed by atoms with van der Waals surface area (Å²) in [6.45, 7) is 2.64. The third-order valence-corrected chi connectivity index (χ3v) is 14.6. The molecule has 15 nitrogen and oxygen atoms in total. The lowest BCUT2D eigenvalue weighted by molar-refractivity contribution is -0.332. The van der Waals surface area contributed by atoms with Crippen LogP contribution in [0.2, 0.25) is 0 Å². The Hall–Kier alpha value is -1.50. The second-order valence-corrected chi connectivity index (χ2v) is 21.2. The highest BCUT2D eigenvalue weighted by atomic mass is 16.7. The van der Waals surface area contributed by atoms with Crippen LogP contribution < -0.4 is 0 Å². The second kappa shape index (κ2) is 44.6. The molecule has 0 radical (unpaired) electrons. The normalized spacial score (nSPS) is 24.9. The highest BCUT2D eigenvalue weighted by molar-refractivity contribution is 5.70. The smallest absolute Gasteiger partial charge is 0.306 e. The standard InChI is InChI=1S/C57H108O15/c1-3-5-7-9-11-13-15-17-18-19-20-21-22-23-24-25-26-27-28-30-32-34-36-38-40-49(60)70-45(42-67-48(59)39-37-35-33-31-29-16-14-12-10-8-6-4-2)43-68-56-55(66)53(64)51(62)47(72-56)44-69-57-54(65)52(63)50(61)46(41-58)71-57/h45-47,50-58,61-66H,3-44H2,1-2H3. The van der Waals surface area contributed by atoms with E-state index in [1.807, 2.05) is 0 Å². The molecule has 2 saturated heterocycles. The third kappa shape index (κ3) is 31.5. The van der Waals surface area contributed by atoms with Gasteiger partial charge in [0.05, 0.1) is 19.8 Å². The summed E-state index contributed by atoms with van der Waals surface area (Å²) in [7, 11) is 0. The summed E-state index contributed by atoms with van der Waals surface area (Å²) in [5.74, 6) is -0.906. The van der Waals surface area contributed by atoms with Crippen LogP contribution in [0.4, 0.5) is 0 Å². The molecule has 72 heavy (non-hydrogen) atoms. The predicted octanol–water partition coefficient (Wildman–Crippen LogP) is 9.95. The zero-order chi connectivity index (χ0) is 52.4. The molecule has 0 amide bonds. The number of aliphatic hydroxyl groups excluding tert-OH is 7. The molecular weight excluding hydrogens is 925 g/mol. The maximum atomic E-state index is 13.1. The molecule has 0 aliphatic carbocycles. The number of aliphatic hydroxyl groups is 7. The lowest BCUT2D eigenvalue weighted by Crippen LogP contribution is -2.61. The molecule has 11 unspecified atom stereocenters. The van der Waals surface area contributed by atoms with Crippen molar-refractivity contribution in [1.82, 2.24) is 0 Å². The molecule has 2 aliphatic heterocycles. The quantitative estimate of drug-likeness (QED) is 0.0222. The highest BCUT2D eigenvalue weighted by Crippen LogP contribution is 2.27. The minimum absolute atomic E-state index is 0.174. The Labute approximate surface area is 436 Å². The molecule has 0 aromatic heterocycles. The maximum absolute atomic E-state index is 13.1. The summed E-state index contributed by atoms with van der Waals surface area (Å²) < 4.78 is 33.7. The van der Waals surface area contributed by atoms with Crippen molar-refractivity contribution in [2.75, 3.05) is 26.4 Å². The van der Waals surface area contributed by atoms with Crippen LogP contribution in [0, 0.1) is 0 Å². The molecule has 11 atom stereocenters. The summed E-state index contributed by atoms with van der Waals surface area (Å²) in [5, 5.41) is 72.2. The van der Waals surface area contributed by atoms with Gasteiger partial charge >= 0.3 is 11.9 Å². The molecule has 2 aliphatic rings. The van der Waals surface area contributed by atoms with Gasteiger partial charge in [-0.05, 0) is 12.8 Å². The summed E-state index contributed by atoms with van der Waals surface area (Å²) in [6, 6.07) is 0. The van der Waals surface area contributed by atoms with Gasteiger partial charge in [-0.3, -0.25) is 9.59 Å². The van der Waals surface area contributed by atoms with Gasteiger partial charge in [0.1, 0.15) is 55.4 Å². The molecule has 426 valence electrons. The van der Waals surface area contributed by atoms with Crippen LogP contribution in [0.1, 0.15) is 258 Å². The van der Waals surface area contributed by atoms with Crippen molar-refractivity contribution in [3.05, 3.63) is 0 Å². The number of hydrogen-bond acceptors (Lipinski definition) is 15. The number of hydrogen-bond donors (Lipinski definition) is 7. The number of carbonyl (C=O) groups is 2. The van der Waals surface area contributed by atoms with E-state index in [4.69, 9.17) is 28.4 Å². The van der Waals surface area contributed by atoms with Crippen molar-refractivity contribution >= 4 is 11.9 Å². The van der Waals surface area contributed by atoms with Crippen molar-refractivity contribution in [1.29, 1.82) is 0 Å². The second-order valence-electron chi connectivity index (χ2n) is 21.2. The van der Waals surface area contributed by atoms with Crippen LogP contribution >= 0.6 is 0 Å². The van der Waals surface area contributed by atoms with Gasteiger partial charge in [-0.2, -0.15) is 0 Å². The molecule has 0 saturated carbocycles. The van der Waals surface area contributed by atoms with Crippen molar-refractivity contribution < 1.29 is 73.8 Å². The summed E-state index contributed by atoms with van der Waals surface area (Å²) >= 11 is 0. The number of ether oxygens (including phenoxy) is 6. The fraction of sp³-hybridized carbons (Fsp3) is 0.965. The summed E-state index contributed by atoms with van der Waals surface area (Å²) in [5.41, 5.74) is 0. The first-order chi connectivity index (χ1) is 35.0. The largest absolute Gasteiger partial charge is 0.462 e. The summed E-state index contributed by atoms with van der Waals surface area (Å²) in [4.78, 5) is 25.8. The zero-order valence-electron chi connectivity index (χ0n) is 45.4. The number of esters is 2. The van der Waals surface area contributed by atoms with Gasteiger partial charge in [0.25, 0.3) is 0 Å². The van der Waals surface area contributed by atoms with Gasteiger partial charge in [-0.1, -0.05) is 232 Å². The van der Waals surface area contributed by atoms with Crippen LogP contribution in [0.15, 0.2) is 0 Å². The first kappa shape index (κ1) is 66.6. The van der Waals surface area contributed by atoms with Crippen molar-refractivity contribution in [2.24, 2.45) is 0 Å². The Bertz CT molecular complexity index is 1260. The van der Waals surface area contributed by atoms with Crippen LogP contribution in [0.25, 0.3) is 0 Å². The first-order valence-corrected chi connectivity index (χ1v) is 29.6. The Kier molecular flexibility index (Phi) is 41.3. The SMILES string of the molecule is CCCCCCCCCCCCCCCCCCCCCCCCCCC(=O)OC(COC(=O)CCCCCCCCCCCCCC)COC1OC(COC2OC(CO)C(O)C(O)C2O)C(O)C(O)C1O. The number of unbranched alkanes of at least 4 members (excludes halogenated alkanes) is 34. The van der Waals surface area contributed by atoms with E-state index in [1.165, 1.54) is 180 Å². The summed E-state index contributed by atoms with van der Waals surface area (Å²) in [6.07, 6.45) is 28.5. The molecule has 7 N–H and O–H groups in total. The Morgan fingerprint density at radius 3 is 1.08 bits per heavy atom. The van der Waals surface area contributed by atoms with Gasteiger partial charge < -0.3 is 64.2 Å². The van der Waals surface area contributed by atoms with E-state index in [1.54, 1.807) is 0 Å². The fourth-order valence-electron chi connectivity index (χ4n) is 9.75. The molecule has 2 heterocycles. The maximum Gasteiger partial charge on any atom is 0.306 e. The highest BCUT2D eigenvalue weighted by Gasteiger charge is 2.47. The lowest BCUT2D eigenvalue weighted by Gasteiger charge is -2.42. The average molecular weight is 1030 g/mol. The molecule has 0 spiro atoms. The van der Waals surface area contributed by atoms with Crippen molar-refractivity contribution in [2.45, 2.75) is 325 Å². The van der Waals surface area contributed by atoms with Crippen molar-refractivity contribution in [3.8, 4) is 0 Å². The fourth-order valence-corrected chi connectivity index (χ4v) is 9.75. The van der Waals surface area contributed by atoms with E-state index >= 15 is 0 Å². The minimum Gasteiger partial charge on any atom is -0.462 e. The van der Waals surface area contributed by atoms with Gasteiger partial charge in [-0.25, -0.2) is 0 Å². The van der Waals surface area contributed by atoms with E-state index in [0.717, 1.165) is 38.5 Å². The molecule has 0 aromatic carbocycles. The topological polar surface area (TPSA) is 231 Å². The van der Waals surface area contributed by atoms with Gasteiger partial charge in [0.15, 0.2) is 18.7 Å². The van der Waals surface area contributed by atoms with Gasteiger partial charge in [0.2, 0.25) is 0 Å². The van der Waals surface area contributed by atoms with Crippen LogP contribution in [0.5, 0.6) is 0 Å². The molecule has 15 heteroatoms. The van der Waals surface area contributed by atoms with Crippen LogP contribution in [-0.2, 0) is 38.0 Å². The van der Waals surface area contributed by atoms with Crippen LogP contribution in [-0.4, -0.2) is 142 Å². The lowest BCUT2D eigenvalue weighted by atomic mass is 9.98. The molecule has 2 rings (SSSR count). The Balaban J connectivity index is 1.70. The van der Waals surface area contributed by atoms with E-state index in [9.17, 15) is 45.3 Å². The third-order valence-electron chi connectivity index (χ3n) is 14.6.